The van der Waals surface area contributed by atoms with Gasteiger partial charge < -0.3 is 15.1 Å². The van der Waals surface area contributed by atoms with Gasteiger partial charge in [0, 0.05) is 20.1 Å². The smallest absolute Gasteiger partial charge is 0.322 e. The largest absolute Gasteiger partial charge is 0.337 e. The molecule has 41 heavy (non-hydrogen) atoms. The Kier molecular flexibility index (Phi) is 7.97. The summed E-state index contributed by atoms with van der Waals surface area (Å²) in [5, 5.41) is 3.00. The van der Waals surface area contributed by atoms with E-state index >= 15 is 0 Å². The van der Waals surface area contributed by atoms with Crippen molar-refractivity contribution in [3.8, 4) is 0 Å². The lowest BCUT2D eigenvalue weighted by molar-refractivity contribution is -0.138. The van der Waals surface area contributed by atoms with Crippen LogP contribution in [0.1, 0.15) is 49.1 Å². The zero-order chi connectivity index (χ0) is 29.1. The van der Waals surface area contributed by atoms with Crippen molar-refractivity contribution in [1.82, 2.24) is 20.0 Å². The van der Waals surface area contributed by atoms with Gasteiger partial charge >= 0.3 is 6.03 Å². The van der Waals surface area contributed by atoms with Crippen molar-refractivity contribution in [3.05, 3.63) is 118 Å². The Morgan fingerprint density at radius 2 is 1.51 bits per heavy atom. The summed E-state index contributed by atoms with van der Waals surface area (Å²) in [5.41, 5.74) is 5.38. The fourth-order valence-corrected chi connectivity index (χ4v) is 5.44. The minimum absolute atomic E-state index is 0.00847. The van der Waals surface area contributed by atoms with Crippen LogP contribution in [0.25, 0.3) is 0 Å². The molecule has 212 valence electrons. The first-order valence-corrected chi connectivity index (χ1v) is 14.1. The lowest BCUT2D eigenvalue weighted by Gasteiger charge is -2.31. The number of hydrogen-bond acceptors (Lipinski definition) is 3. The van der Waals surface area contributed by atoms with Crippen molar-refractivity contribution in [2.45, 2.75) is 45.2 Å². The second kappa shape index (κ2) is 11.6. The second-order valence-electron chi connectivity index (χ2n) is 11.9. The van der Waals surface area contributed by atoms with E-state index in [0.29, 0.717) is 24.4 Å². The molecule has 5 rings (SSSR count). The molecule has 0 saturated heterocycles. The predicted molar refractivity (Wildman–Crippen MR) is 160 cm³/mol. The van der Waals surface area contributed by atoms with Gasteiger partial charge in [0.25, 0.3) is 5.91 Å². The highest BCUT2D eigenvalue weighted by atomic mass is 16.2. The lowest BCUT2D eigenvalue weighted by atomic mass is 9.85. The molecule has 3 aromatic rings. The maximum absolute atomic E-state index is 13.8. The number of amides is 4. The number of rotatable bonds is 8. The van der Waals surface area contributed by atoms with E-state index in [1.807, 2.05) is 65.6 Å². The van der Waals surface area contributed by atoms with E-state index < -0.39 is 6.04 Å². The molecule has 2 heterocycles. The van der Waals surface area contributed by atoms with E-state index in [1.165, 1.54) is 10.5 Å². The Balaban J connectivity index is 1.35. The lowest BCUT2D eigenvalue weighted by Crippen LogP contribution is -2.45. The number of nitrogens with zero attached hydrogens (tertiary/aromatic N) is 3. The zero-order valence-corrected chi connectivity index (χ0v) is 24.3. The highest BCUT2D eigenvalue weighted by Crippen LogP contribution is 2.36. The normalized spacial score (nSPS) is 17.0. The van der Waals surface area contributed by atoms with E-state index in [4.69, 9.17) is 0 Å². The highest BCUT2D eigenvalue weighted by Gasteiger charge is 2.43. The van der Waals surface area contributed by atoms with Crippen molar-refractivity contribution in [2.24, 2.45) is 0 Å². The molecule has 0 radical (unpaired) electrons. The van der Waals surface area contributed by atoms with Crippen LogP contribution in [-0.4, -0.2) is 59.2 Å². The molecule has 7 nitrogen and oxygen atoms in total. The average molecular weight is 551 g/mol. The van der Waals surface area contributed by atoms with Crippen LogP contribution in [0.4, 0.5) is 4.79 Å². The molecule has 0 aromatic heterocycles. The maximum Gasteiger partial charge on any atom is 0.322 e. The van der Waals surface area contributed by atoms with Gasteiger partial charge in [-0.05, 0) is 34.1 Å². The van der Waals surface area contributed by atoms with Gasteiger partial charge in [0.15, 0.2) is 0 Å². The van der Waals surface area contributed by atoms with Gasteiger partial charge in [-0.2, -0.15) is 0 Å². The number of likely N-dealkylation sites (N-methyl/N-ethyl adjacent to an activating group) is 1. The maximum atomic E-state index is 13.8. The van der Waals surface area contributed by atoms with Crippen LogP contribution >= 0.6 is 0 Å². The number of hydrogen-bond donors (Lipinski definition) is 1. The highest BCUT2D eigenvalue weighted by molar-refractivity contribution is 6.03. The summed E-state index contributed by atoms with van der Waals surface area (Å²) in [5.74, 6) is -0.334. The monoisotopic (exact) mass is 550 g/mol. The number of carbonyl (C=O) groups excluding carboxylic acids is 3. The Morgan fingerprint density at radius 3 is 2.12 bits per heavy atom. The Morgan fingerprint density at radius 1 is 0.902 bits per heavy atom. The molecule has 0 aliphatic carbocycles. The van der Waals surface area contributed by atoms with E-state index in [9.17, 15) is 14.4 Å². The quantitative estimate of drug-likeness (QED) is 0.427. The molecule has 0 spiro atoms. The average Bonchev–Trinajstić information content (AvgIpc) is 3.29. The van der Waals surface area contributed by atoms with Crippen molar-refractivity contribution < 1.29 is 14.4 Å². The van der Waals surface area contributed by atoms with Crippen molar-refractivity contribution in [1.29, 1.82) is 0 Å². The molecule has 0 bridgehead atoms. The van der Waals surface area contributed by atoms with Gasteiger partial charge in [-0.15, -0.1) is 0 Å². The minimum atomic E-state index is -0.561. The summed E-state index contributed by atoms with van der Waals surface area (Å²) in [6.07, 6.45) is 0.718. The van der Waals surface area contributed by atoms with Gasteiger partial charge in [-0.25, -0.2) is 4.79 Å². The molecule has 1 N–H and O–H groups in total. The fraction of sp³-hybridized carbons (Fsp3) is 0.324. The summed E-state index contributed by atoms with van der Waals surface area (Å²) in [7, 11) is 1.67. The zero-order valence-electron chi connectivity index (χ0n) is 24.3. The summed E-state index contributed by atoms with van der Waals surface area (Å²) < 4.78 is 0. The van der Waals surface area contributed by atoms with Crippen LogP contribution in [-0.2, 0) is 28.0 Å². The number of benzene rings is 3. The standard InChI is InChI=1S/C34H38N4O3/c1-34(2,3)27-17-15-26(16-18-27)31-30-28(36(4)33(41)35-31)22-38(32(30)40)23-29(39)37(21-25-13-9-6-10-14-25)20-19-24-11-7-5-8-12-24/h5-18,31H,19-23H2,1-4H3,(H,35,41)/t31-/m0/s1. The Labute approximate surface area is 242 Å². The van der Waals surface area contributed by atoms with Crippen molar-refractivity contribution in [3.63, 3.8) is 0 Å². The number of carbonyl (C=O) groups is 3. The molecule has 3 aromatic carbocycles. The topological polar surface area (TPSA) is 73.0 Å². The van der Waals surface area contributed by atoms with Gasteiger partial charge in [-0.3, -0.25) is 14.5 Å². The number of urea groups is 1. The summed E-state index contributed by atoms with van der Waals surface area (Å²) in [6.45, 7) is 7.62. The minimum Gasteiger partial charge on any atom is -0.337 e. The van der Waals surface area contributed by atoms with Crippen LogP contribution in [0.2, 0.25) is 0 Å². The van der Waals surface area contributed by atoms with Crippen LogP contribution in [0.3, 0.4) is 0 Å². The van der Waals surface area contributed by atoms with Crippen LogP contribution in [0.15, 0.2) is 96.2 Å². The van der Waals surface area contributed by atoms with E-state index in [2.05, 4.69) is 50.4 Å². The Hall–Kier alpha value is -4.39. The van der Waals surface area contributed by atoms with E-state index in [1.54, 1.807) is 11.9 Å². The molecule has 1 atom stereocenters. The third-order valence-electron chi connectivity index (χ3n) is 7.95. The molecular formula is C34H38N4O3. The first-order valence-electron chi connectivity index (χ1n) is 14.1. The third-order valence-corrected chi connectivity index (χ3v) is 7.95. The molecule has 4 amide bonds. The van der Waals surface area contributed by atoms with Gasteiger partial charge in [0.1, 0.15) is 6.54 Å². The van der Waals surface area contributed by atoms with Crippen molar-refractivity contribution >= 4 is 17.8 Å². The summed E-state index contributed by atoms with van der Waals surface area (Å²) in [6, 6.07) is 27.2. The predicted octanol–water partition coefficient (Wildman–Crippen LogP) is 5.05. The third kappa shape index (κ3) is 6.19. The molecule has 2 aliphatic rings. The van der Waals surface area contributed by atoms with E-state index in [0.717, 1.165) is 23.1 Å². The Bertz CT molecular complexity index is 1440. The van der Waals surface area contributed by atoms with Gasteiger partial charge in [-0.1, -0.05) is 106 Å². The molecule has 2 aliphatic heterocycles. The molecular weight excluding hydrogens is 512 g/mol. The molecule has 0 unspecified atom stereocenters. The van der Waals surface area contributed by atoms with E-state index in [-0.39, 0.29) is 36.3 Å². The van der Waals surface area contributed by atoms with Crippen LogP contribution in [0, 0.1) is 0 Å². The molecule has 7 heteroatoms. The van der Waals surface area contributed by atoms with Gasteiger partial charge in [0.2, 0.25) is 5.91 Å². The second-order valence-corrected chi connectivity index (χ2v) is 11.9. The fourth-order valence-electron chi connectivity index (χ4n) is 5.44. The first kappa shape index (κ1) is 28.1. The van der Waals surface area contributed by atoms with Gasteiger partial charge in [0.05, 0.1) is 23.9 Å². The van der Waals surface area contributed by atoms with Crippen molar-refractivity contribution in [2.75, 3.05) is 26.7 Å². The summed E-state index contributed by atoms with van der Waals surface area (Å²) in [4.78, 5) is 45.3. The number of nitrogens with one attached hydrogen (secondary N) is 1. The molecule has 0 fully saturated rings. The summed E-state index contributed by atoms with van der Waals surface area (Å²) >= 11 is 0. The van der Waals surface area contributed by atoms with Crippen LogP contribution < -0.4 is 5.32 Å². The van der Waals surface area contributed by atoms with Crippen LogP contribution in [0.5, 0.6) is 0 Å². The first-order chi connectivity index (χ1) is 19.6. The SMILES string of the molecule is CN1C(=O)N[C@@H](c2ccc(C(C)(C)C)cc2)C2=C1CN(CC(=O)N(CCc1ccccc1)Cc1ccccc1)C2=O. The molecule has 0 saturated carbocycles.